The number of benzene rings is 1. The van der Waals surface area contributed by atoms with Gasteiger partial charge in [0.05, 0.1) is 5.56 Å². The van der Waals surface area contributed by atoms with Gasteiger partial charge in [-0.1, -0.05) is 6.92 Å². The molecule has 1 aromatic heterocycles. The molecule has 0 saturated carbocycles. The summed E-state index contributed by atoms with van der Waals surface area (Å²) in [5.74, 6) is 0. The summed E-state index contributed by atoms with van der Waals surface area (Å²) in [5, 5.41) is 2.99. The molecule has 0 aliphatic carbocycles. The molecule has 0 unspecified atom stereocenters. The molecule has 2 aromatic rings. The van der Waals surface area contributed by atoms with E-state index < -0.39 is 11.7 Å². The highest BCUT2D eigenvalue weighted by atomic mass is 32.1. The Morgan fingerprint density at radius 3 is 2.45 bits per heavy atom. The molecular weight excluding hydrogens is 285 g/mol. The van der Waals surface area contributed by atoms with Crippen LogP contribution in [0.2, 0.25) is 0 Å². The fraction of sp³-hybridized carbons (Fsp3) is 0.286. The molecule has 0 radical (unpaired) electrons. The van der Waals surface area contributed by atoms with E-state index in [-0.39, 0.29) is 5.69 Å². The predicted molar refractivity (Wildman–Crippen MR) is 76.9 cm³/mol. The average Bonchev–Trinajstić information content (AvgIpc) is 2.84. The highest BCUT2D eigenvalue weighted by Gasteiger charge is 2.33. The third-order valence-electron chi connectivity index (χ3n) is 2.89. The van der Waals surface area contributed by atoms with Gasteiger partial charge in [-0.25, -0.2) is 0 Å². The van der Waals surface area contributed by atoms with Crippen molar-refractivity contribution in [2.45, 2.75) is 26.1 Å². The van der Waals surface area contributed by atoms with Gasteiger partial charge in [0.25, 0.3) is 0 Å². The predicted octanol–water partition coefficient (Wildman–Crippen LogP) is 4.52. The minimum absolute atomic E-state index is 0.257. The number of nitrogen functional groups attached to an aromatic ring is 1. The van der Waals surface area contributed by atoms with Crippen molar-refractivity contribution in [3.05, 3.63) is 45.6 Å². The molecule has 3 N–H and O–H groups in total. The molecule has 108 valence electrons. The van der Waals surface area contributed by atoms with Crippen LogP contribution in [0.4, 0.5) is 24.5 Å². The van der Waals surface area contributed by atoms with Crippen LogP contribution in [-0.2, 0) is 19.1 Å². The van der Waals surface area contributed by atoms with E-state index in [2.05, 4.69) is 12.2 Å². The molecule has 20 heavy (non-hydrogen) atoms. The number of hydrogen-bond donors (Lipinski definition) is 2. The first-order chi connectivity index (χ1) is 9.40. The fourth-order valence-corrected chi connectivity index (χ4v) is 2.71. The average molecular weight is 300 g/mol. The Hall–Kier alpha value is -1.69. The summed E-state index contributed by atoms with van der Waals surface area (Å²) >= 11 is 1.66. The third-order valence-corrected chi connectivity index (χ3v) is 4.12. The molecule has 0 fully saturated rings. The normalized spacial score (nSPS) is 11.6. The summed E-state index contributed by atoms with van der Waals surface area (Å²) in [5.41, 5.74) is 4.71. The summed E-state index contributed by atoms with van der Waals surface area (Å²) in [6.07, 6.45) is -3.47. The number of anilines is 2. The van der Waals surface area contributed by atoms with Crippen LogP contribution in [0.15, 0.2) is 30.3 Å². The first kappa shape index (κ1) is 14.7. The maximum atomic E-state index is 12.7. The maximum absolute atomic E-state index is 12.7. The van der Waals surface area contributed by atoms with E-state index in [9.17, 15) is 13.2 Å². The summed E-state index contributed by atoms with van der Waals surface area (Å²) in [6.45, 7) is 2.57. The smallest absolute Gasteiger partial charge is 0.398 e. The van der Waals surface area contributed by atoms with E-state index >= 15 is 0 Å². The van der Waals surface area contributed by atoms with E-state index in [1.165, 1.54) is 10.9 Å². The second-order valence-corrected chi connectivity index (χ2v) is 5.63. The Balaban J connectivity index is 2.10. The first-order valence-corrected chi connectivity index (χ1v) is 7.00. The van der Waals surface area contributed by atoms with Crippen molar-refractivity contribution in [2.75, 3.05) is 11.1 Å². The zero-order chi connectivity index (χ0) is 14.8. The van der Waals surface area contributed by atoms with Crippen LogP contribution in [0.5, 0.6) is 0 Å². The van der Waals surface area contributed by atoms with Crippen LogP contribution in [0, 0.1) is 0 Å². The van der Waals surface area contributed by atoms with Crippen LogP contribution < -0.4 is 11.1 Å². The number of nitrogens with one attached hydrogen (secondary N) is 1. The van der Waals surface area contributed by atoms with Crippen molar-refractivity contribution in [3.63, 3.8) is 0 Å². The van der Waals surface area contributed by atoms with Crippen molar-refractivity contribution < 1.29 is 13.2 Å². The Kier molecular flexibility index (Phi) is 4.23. The zero-order valence-corrected chi connectivity index (χ0v) is 11.7. The Morgan fingerprint density at radius 2 is 1.85 bits per heavy atom. The molecule has 1 aromatic carbocycles. The lowest BCUT2D eigenvalue weighted by atomic mass is 10.1. The van der Waals surface area contributed by atoms with Gasteiger partial charge in [0.1, 0.15) is 0 Å². The van der Waals surface area contributed by atoms with Crippen molar-refractivity contribution in [1.29, 1.82) is 0 Å². The minimum Gasteiger partial charge on any atom is -0.398 e. The van der Waals surface area contributed by atoms with Gasteiger partial charge in [-0.15, -0.1) is 11.3 Å². The topological polar surface area (TPSA) is 38.0 Å². The monoisotopic (exact) mass is 300 g/mol. The lowest BCUT2D eigenvalue weighted by molar-refractivity contribution is -0.136. The standard InChI is InChI=1S/C14H15F3N2S/c1-2-10-4-5-11(20-10)8-19-9-3-6-13(18)12(7-9)14(15,16)17/h3-7,19H,2,8,18H2,1H3. The van der Waals surface area contributed by atoms with Gasteiger partial charge < -0.3 is 11.1 Å². The summed E-state index contributed by atoms with van der Waals surface area (Å²) in [7, 11) is 0. The lowest BCUT2D eigenvalue weighted by Gasteiger charge is -2.12. The fourth-order valence-electron chi connectivity index (χ4n) is 1.81. The summed E-state index contributed by atoms with van der Waals surface area (Å²) in [4.78, 5) is 2.35. The molecule has 2 rings (SSSR count). The quantitative estimate of drug-likeness (QED) is 0.814. The molecule has 0 atom stereocenters. The number of alkyl halides is 3. The number of thiophene rings is 1. The van der Waals surface area contributed by atoms with Gasteiger partial charge in [-0.05, 0) is 36.8 Å². The van der Waals surface area contributed by atoms with E-state index in [1.807, 2.05) is 12.1 Å². The Morgan fingerprint density at radius 1 is 1.15 bits per heavy atom. The van der Waals surface area contributed by atoms with Gasteiger partial charge in [0.2, 0.25) is 0 Å². The molecule has 0 saturated heterocycles. The minimum atomic E-state index is -4.43. The highest BCUT2D eigenvalue weighted by Crippen LogP contribution is 2.35. The van der Waals surface area contributed by atoms with E-state index in [0.717, 1.165) is 17.4 Å². The van der Waals surface area contributed by atoms with Crippen LogP contribution in [-0.4, -0.2) is 0 Å². The van der Waals surface area contributed by atoms with Crippen LogP contribution >= 0.6 is 11.3 Å². The molecule has 0 aliphatic rings. The molecule has 2 nitrogen and oxygen atoms in total. The van der Waals surface area contributed by atoms with Gasteiger partial charge >= 0.3 is 6.18 Å². The second-order valence-electron chi connectivity index (χ2n) is 4.37. The molecule has 1 heterocycles. The number of aryl methyl sites for hydroxylation is 1. The van der Waals surface area contributed by atoms with Crippen molar-refractivity contribution in [1.82, 2.24) is 0 Å². The number of hydrogen-bond acceptors (Lipinski definition) is 3. The Labute approximate surface area is 119 Å². The second kappa shape index (κ2) is 5.75. The maximum Gasteiger partial charge on any atom is 0.418 e. The van der Waals surface area contributed by atoms with Gasteiger partial charge in [-0.2, -0.15) is 13.2 Å². The number of nitrogens with two attached hydrogens (primary N) is 1. The van der Waals surface area contributed by atoms with Gasteiger partial charge in [-0.3, -0.25) is 0 Å². The third kappa shape index (κ3) is 3.45. The largest absolute Gasteiger partial charge is 0.418 e. The van der Waals surface area contributed by atoms with E-state index in [1.54, 1.807) is 17.4 Å². The SMILES string of the molecule is CCc1ccc(CNc2ccc(N)c(C(F)(F)F)c2)s1. The van der Waals surface area contributed by atoms with E-state index in [0.29, 0.717) is 12.2 Å². The highest BCUT2D eigenvalue weighted by molar-refractivity contribution is 7.12. The molecular formula is C14H15F3N2S. The molecule has 0 spiro atoms. The van der Waals surface area contributed by atoms with Gasteiger partial charge in [0.15, 0.2) is 0 Å². The van der Waals surface area contributed by atoms with Crippen molar-refractivity contribution in [3.8, 4) is 0 Å². The van der Waals surface area contributed by atoms with Crippen molar-refractivity contribution in [2.24, 2.45) is 0 Å². The molecule has 0 bridgehead atoms. The first-order valence-electron chi connectivity index (χ1n) is 6.18. The molecule has 0 aliphatic heterocycles. The number of halogens is 3. The molecule has 0 amide bonds. The Bertz CT molecular complexity index is 590. The summed E-state index contributed by atoms with van der Waals surface area (Å²) < 4.78 is 38.2. The van der Waals surface area contributed by atoms with Crippen molar-refractivity contribution >= 4 is 22.7 Å². The lowest BCUT2D eigenvalue weighted by Crippen LogP contribution is -2.10. The zero-order valence-electron chi connectivity index (χ0n) is 10.9. The van der Waals surface area contributed by atoms with Crippen LogP contribution in [0.25, 0.3) is 0 Å². The van der Waals surface area contributed by atoms with Crippen LogP contribution in [0.1, 0.15) is 22.2 Å². The van der Waals surface area contributed by atoms with Crippen LogP contribution in [0.3, 0.4) is 0 Å². The van der Waals surface area contributed by atoms with E-state index in [4.69, 9.17) is 5.73 Å². The number of rotatable bonds is 4. The van der Waals surface area contributed by atoms with Gasteiger partial charge in [0, 0.05) is 27.7 Å². The molecule has 6 heteroatoms. The summed E-state index contributed by atoms with van der Waals surface area (Å²) in [6, 6.07) is 7.89.